The van der Waals surface area contributed by atoms with E-state index in [0.29, 0.717) is 24.7 Å². The molecule has 2 atom stereocenters. The molecule has 2 heterocycles. The van der Waals surface area contributed by atoms with Crippen LogP contribution in [-0.2, 0) is 16.1 Å². The van der Waals surface area contributed by atoms with Crippen LogP contribution in [0.15, 0.2) is 28.7 Å². The van der Waals surface area contributed by atoms with Crippen molar-refractivity contribution in [3.8, 4) is 0 Å². The first-order chi connectivity index (χ1) is 10.0. The van der Waals surface area contributed by atoms with Crippen LogP contribution in [-0.4, -0.2) is 41.3 Å². The Hall–Kier alpha value is -1.56. The van der Waals surface area contributed by atoms with E-state index in [9.17, 15) is 4.79 Å². The number of benzene rings is 1. The molecular formula is C15H16ClNO4. The highest BCUT2D eigenvalue weighted by atomic mass is 35.5. The van der Waals surface area contributed by atoms with Gasteiger partial charge in [-0.15, -0.1) is 0 Å². The number of carbonyl (C=O) groups is 1. The van der Waals surface area contributed by atoms with Crippen LogP contribution in [0.25, 0.3) is 11.0 Å². The summed E-state index contributed by atoms with van der Waals surface area (Å²) in [6.45, 7) is 3.48. The van der Waals surface area contributed by atoms with E-state index in [2.05, 4.69) is 0 Å². The molecule has 1 N–H and O–H groups in total. The maximum atomic E-state index is 11.1. The lowest BCUT2D eigenvalue weighted by atomic mass is 10.2. The Kier molecular flexibility index (Phi) is 3.89. The fraction of sp³-hybridized carbons (Fsp3) is 0.400. The number of carboxylic acids is 1. The number of hydrogen-bond acceptors (Lipinski definition) is 4. The van der Waals surface area contributed by atoms with Gasteiger partial charge in [-0.05, 0) is 25.1 Å². The van der Waals surface area contributed by atoms with Gasteiger partial charge >= 0.3 is 5.97 Å². The van der Waals surface area contributed by atoms with Crippen molar-refractivity contribution in [1.82, 2.24) is 4.90 Å². The van der Waals surface area contributed by atoms with E-state index in [4.69, 9.17) is 25.9 Å². The van der Waals surface area contributed by atoms with Crippen molar-refractivity contribution in [2.45, 2.75) is 25.7 Å². The minimum atomic E-state index is -0.928. The van der Waals surface area contributed by atoms with Gasteiger partial charge in [0.2, 0.25) is 0 Å². The monoisotopic (exact) mass is 309 g/mol. The first-order valence-electron chi connectivity index (χ1n) is 6.80. The van der Waals surface area contributed by atoms with E-state index in [1.165, 1.54) is 0 Å². The number of rotatable bonds is 3. The number of aliphatic carboxylic acids is 1. The smallest absolute Gasteiger partial charge is 0.334 e. The molecule has 5 nitrogen and oxygen atoms in total. The Labute approximate surface area is 127 Å². The molecular weight excluding hydrogens is 294 g/mol. The van der Waals surface area contributed by atoms with Crippen LogP contribution >= 0.6 is 11.6 Å². The summed E-state index contributed by atoms with van der Waals surface area (Å²) in [4.78, 5) is 13.1. The van der Waals surface area contributed by atoms with Crippen LogP contribution < -0.4 is 0 Å². The van der Waals surface area contributed by atoms with E-state index in [0.717, 1.165) is 16.7 Å². The SMILES string of the molecule is C[C@@H]1CN(Cc2cc3ccc(Cl)cc3o2)C[C@H](C(=O)O)O1. The molecule has 1 aromatic carbocycles. The molecule has 1 aliphatic rings. The fourth-order valence-electron chi connectivity index (χ4n) is 2.66. The number of ether oxygens (including phenoxy) is 1. The lowest BCUT2D eigenvalue weighted by molar-refractivity contribution is -0.163. The number of morpholine rings is 1. The maximum absolute atomic E-state index is 11.1. The summed E-state index contributed by atoms with van der Waals surface area (Å²) in [7, 11) is 0. The molecule has 0 amide bonds. The predicted molar refractivity (Wildman–Crippen MR) is 78.5 cm³/mol. The summed E-state index contributed by atoms with van der Waals surface area (Å²) >= 11 is 5.94. The van der Waals surface area contributed by atoms with Gasteiger partial charge in [0.25, 0.3) is 0 Å². The molecule has 0 bridgehead atoms. The average molecular weight is 310 g/mol. The molecule has 0 spiro atoms. The molecule has 0 radical (unpaired) electrons. The second-order valence-corrected chi connectivity index (χ2v) is 5.80. The van der Waals surface area contributed by atoms with Crippen molar-refractivity contribution in [2.75, 3.05) is 13.1 Å². The quantitative estimate of drug-likeness (QED) is 0.944. The topological polar surface area (TPSA) is 62.9 Å². The maximum Gasteiger partial charge on any atom is 0.334 e. The third-order valence-corrected chi connectivity index (χ3v) is 3.76. The van der Waals surface area contributed by atoms with Crippen molar-refractivity contribution in [3.63, 3.8) is 0 Å². The van der Waals surface area contributed by atoms with E-state index >= 15 is 0 Å². The van der Waals surface area contributed by atoms with Gasteiger partial charge < -0.3 is 14.3 Å². The van der Waals surface area contributed by atoms with Crippen LogP contribution in [0.4, 0.5) is 0 Å². The second-order valence-electron chi connectivity index (χ2n) is 5.36. The summed E-state index contributed by atoms with van der Waals surface area (Å²) < 4.78 is 11.2. The van der Waals surface area contributed by atoms with Crippen molar-refractivity contribution in [2.24, 2.45) is 0 Å². The van der Waals surface area contributed by atoms with E-state index in [1.807, 2.05) is 30.0 Å². The summed E-state index contributed by atoms with van der Waals surface area (Å²) in [5, 5.41) is 10.7. The van der Waals surface area contributed by atoms with Gasteiger partial charge in [-0.25, -0.2) is 4.79 Å². The first-order valence-corrected chi connectivity index (χ1v) is 7.17. The van der Waals surface area contributed by atoms with Crippen molar-refractivity contribution < 1.29 is 19.1 Å². The lowest BCUT2D eigenvalue weighted by Crippen LogP contribution is -2.49. The van der Waals surface area contributed by atoms with Crippen LogP contribution in [0.3, 0.4) is 0 Å². The second kappa shape index (κ2) is 5.67. The van der Waals surface area contributed by atoms with Crippen LogP contribution in [0.2, 0.25) is 5.02 Å². The zero-order valence-corrected chi connectivity index (χ0v) is 12.3. The third-order valence-electron chi connectivity index (χ3n) is 3.52. The van der Waals surface area contributed by atoms with Gasteiger partial charge in [-0.2, -0.15) is 0 Å². The molecule has 3 rings (SSSR count). The van der Waals surface area contributed by atoms with Gasteiger partial charge in [0.05, 0.1) is 12.6 Å². The summed E-state index contributed by atoms with van der Waals surface area (Å²) in [5.41, 5.74) is 0.744. The predicted octanol–water partition coefficient (Wildman–Crippen LogP) is 2.76. The van der Waals surface area contributed by atoms with E-state index < -0.39 is 12.1 Å². The molecule has 1 aromatic heterocycles. The minimum absolute atomic E-state index is 0.112. The lowest BCUT2D eigenvalue weighted by Gasteiger charge is -2.34. The Morgan fingerprint density at radius 1 is 1.43 bits per heavy atom. The number of halogens is 1. The molecule has 6 heteroatoms. The zero-order valence-electron chi connectivity index (χ0n) is 11.6. The Morgan fingerprint density at radius 2 is 2.24 bits per heavy atom. The van der Waals surface area contributed by atoms with Gasteiger partial charge in [0.1, 0.15) is 11.3 Å². The molecule has 0 saturated carbocycles. The molecule has 112 valence electrons. The van der Waals surface area contributed by atoms with E-state index in [1.54, 1.807) is 6.07 Å². The fourth-order valence-corrected chi connectivity index (χ4v) is 2.82. The highest BCUT2D eigenvalue weighted by molar-refractivity contribution is 6.31. The van der Waals surface area contributed by atoms with Crippen molar-refractivity contribution in [1.29, 1.82) is 0 Å². The van der Waals surface area contributed by atoms with Crippen LogP contribution in [0.5, 0.6) is 0 Å². The zero-order chi connectivity index (χ0) is 15.0. The Morgan fingerprint density at radius 3 is 3.00 bits per heavy atom. The van der Waals surface area contributed by atoms with Crippen molar-refractivity contribution >= 4 is 28.5 Å². The highest BCUT2D eigenvalue weighted by Crippen LogP contribution is 2.24. The molecule has 1 saturated heterocycles. The van der Waals surface area contributed by atoms with Gasteiger partial charge in [-0.1, -0.05) is 11.6 Å². The standard InChI is InChI=1S/C15H16ClNO4/c1-9-6-17(8-14(20-9)15(18)19)7-12-4-10-2-3-11(16)5-13(10)21-12/h2-5,9,14H,6-8H2,1H3,(H,18,19)/t9-,14-/m1/s1. The molecule has 0 unspecified atom stereocenters. The first kappa shape index (κ1) is 14.4. The van der Waals surface area contributed by atoms with Gasteiger partial charge in [0.15, 0.2) is 6.10 Å². The molecule has 21 heavy (non-hydrogen) atoms. The highest BCUT2D eigenvalue weighted by Gasteiger charge is 2.30. The largest absolute Gasteiger partial charge is 0.479 e. The molecule has 1 fully saturated rings. The van der Waals surface area contributed by atoms with E-state index in [-0.39, 0.29) is 6.10 Å². The molecule has 1 aliphatic heterocycles. The normalized spacial score (nSPS) is 23.5. The molecule has 2 aromatic rings. The Bertz CT molecular complexity index is 669. The summed E-state index contributed by atoms with van der Waals surface area (Å²) in [6.07, 6.45) is -0.897. The van der Waals surface area contributed by atoms with Crippen LogP contribution in [0, 0.1) is 0 Å². The number of carboxylic acid groups (broad SMARTS) is 1. The van der Waals surface area contributed by atoms with Gasteiger partial charge in [-0.3, -0.25) is 4.90 Å². The van der Waals surface area contributed by atoms with Gasteiger partial charge in [0, 0.05) is 29.6 Å². The molecule has 0 aliphatic carbocycles. The number of fused-ring (bicyclic) bond motifs is 1. The van der Waals surface area contributed by atoms with Crippen LogP contribution in [0.1, 0.15) is 12.7 Å². The van der Waals surface area contributed by atoms with Crippen molar-refractivity contribution in [3.05, 3.63) is 35.0 Å². The summed E-state index contributed by atoms with van der Waals surface area (Å²) in [5.74, 6) is -0.131. The summed E-state index contributed by atoms with van der Waals surface area (Å²) in [6, 6.07) is 7.47. The minimum Gasteiger partial charge on any atom is -0.479 e. The average Bonchev–Trinajstić information content (AvgIpc) is 2.79. The Balaban J connectivity index is 1.76. The number of furan rings is 1. The third kappa shape index (κ3) is 3.20. The number of nitrogens with zero attached hydrogens (tertiary/aromatic N) is 1. The number of hydrogen-bond donors (Lipinski definition) is 1.